The Labute approximate surface area is 130 Å². The van der Waals surface area contributed by atoms with Crippen LogP contribution >= 0.6 is 0 Å². The van der Waals surface area contributed by atoms with Crippen LogP contribution in [-0.2, 0) is 4.74 Å². The number of aliphatic imine (C=N–C) groups is 1. The molecule has 5 heteroatoms. The molecule has 22 heavy (non-hydrogen) atoms. The molecule has 0 bridgehead atoms. The van der Waals surface area contributed by atoms with Crippen LogP contribution in [0.1, 0.15) is 67.8 Å². The molecule has 0 saturated heterocycles. The first-order valence-electron chi connectivity index (χ1n) is 8.46. The standard InChI is InChI=1S/C17H23N3O2/c1-22-16-5-3-2-4-14(16)20-17-13(10-18-20)15(21)9-12(19-17)8-11-6-7-11/h10-11,14,16H,2-9H2,1H3. The molecule has 2 heterocycles. The molecule has 2 fully saturated rings. The van der Waals surface area contributed by atoms with Crippen molar-refractivity contribution in [2.45, 2.75) is 63.5 Å². The molecule has 0 amide bonds. The fourth-order valence-corrected chi connectivity index (χ4v) is 3.78. The van der Waals surface area contributed by atoms with Crippen LogP contribution < -0.4 is 0 Å². The summed E-state index contributed by atoms with van der Waals surface area (Å²) in [6.45, 7) is 0. The molecular formula is C17H23N3O2. The first kappa shape index (κ1) is 14.1. The zero-order valence-corrected chi connectivity index (χ0v) is 13.1. The summed E-state index contributed by atoms with van der Waals surface area (Å²) in [5.41, 5.74) is 1.74. The predicted molar refractivity (Wildman–Crippen MR) is 83.9 cm³/mol. The lowest BCUT2D eigenvalue weighted by atomic mass is 9.92. The van der Waals surface area contributed by atoms with Gasteiger partial charge in [0.1, 0.15) is 0 Å². The molecule has 118 valence electrons. The van der Waals surface area contributed by atoms with Crippen LogP contribution in [0.15, 0.2) is 11.2 Å². The number of fused-ring (bicyclic) bond motifs is 1. The van der Waals surface area contributed by atoms with Gasteiger partial charge < -0.3 is 4.74 Å². The van der Waals surface area contributed by atoms with Crippen LogP contribution in [0.3, 0.4) is 0 Å². The van der Waals surface area contributed by atoms with E-state index in [9.17, 15) is 4.79 Å². The van der Waals surface area contributed by atoms with E-state index in [1.807, 2.05) is 4.68 Å². The summed E-state index contributed by atoms with van der Waals surface area (Å²) in [4.78, 5) is 17.2. The van der Waals surface area contributed by atoms with E-state index in [-0.39, 0.29) is 17.9 Å². The number of nitrogens with zero attached hydrogens (tertiary/aromatic N) is 3. The summed E-state index contributed by atoms with van der Waals surface area (Å²) in [7, 11) is 1.77. The molecule has 0 spiro atoms. The number of ether oxygens (including phenoxy) is 1. The maximum absolute atomic E-state index is 12.4. The predicted octanol–water partition coefficient (Wildman–Crippen LogP) is 3.47. The highest BCUT2D eigenvalue weighted by molar-refractivity contribution is 6.15. The highest BCUT2D eigenvalue weighted by atomic mass is 16.5. The summed E-state index contributed by atoms with van der Waals surface area (Å²) in [5, 5.41) is 4.51. The number of carbonyl (C=O) groups excluding carboxylic acids is 1. The van der Waals surface area contributed by atoms with Crippen molar-refractivity contribution >= 4 is 17.3 Å². The van der Waals surface area contributed by atoms with Gasteiger partial charge in [0, 0.05) is 19.2 Å². The highest BCUT2D eigenvalue weighted by Gasteiger charge is 2.33. The Kier molecular flexibility index (Phi) is 3.60. The van der Waals surface area contributed by atoms with Gasteiger partial charge in [-0.05, 0) is 38.0 Å². The lowest BCUT2D eigenvalue weighted by molar-refractivity contribution is 0.0252. The minimum atomic E-state index is 0.177. The van der Waals surface area contributed by atoms with E-state index in [2.05, 4.69) is 5.10 Å². The number of aromatic nitrogens is 2. The monoisotopic (exact) mass is 301 g/mol. The number of hydrogen-bond donors (Lipinski definition) is 0. The Balaban J connectivity index is 1.67. The fraction of sp³-hybridized carbons (Fsp3) is 0.706. The molecule has 0 radical (unpaired) electrons. The smallest absolute Gasteiger partial charge is 0.173 e. The van der Waals surface area contributed by atoms with Crippen molar-refractivity contribution in [1.82, 2.24) is 9.78 Å². The van der Waals surface area contributed by atoms with Crippen molar-refractivity contribution in [3.8, 4) is 0 Å². The molecule has 0 N–H and O–H groups in total. The van der Waals surface area contributed by atoms with Crippen LogP contribution in [0, 0.1) is 5.92 Å². The van der Waals surface area contributed by atoms with Crippen molar-refractivity contribution < 1.29 is 9.53 Å². The number of ketones is 1. The SMILES string of the molecule is COC1CCCCC1n1ncc2c1N=C(CC1CC1)CC2=O. The third-order valence-corrected chi connectivity index (χ3v) is 5.20. The summed E-state index contributed by atoms with van der Waals surface area (Å²) >= 11 is 0. The molecule has 2 atom stereocenters. The third kappa shape index (κ3) is 2.51. The highest BCUT2D eigenvalue weighted by Crippen LogP contribution is 2.39. The van der Waals surface area contributed by atoms with Crippen LogP contribution in [-0.4, -0.2) is 34.5 Å². The van der Waals surface area contributed by atoms with Crippen molar-refractivity contribution in [3.63, 3.8) is 0 Å². The van der Waals surface area contributed by atoms with E-state index in [0.717, 1.165) is 36.7 Å². The lowest BCUT2D eigenvalue weighted by Crippen LogP contribution is -2.30. The third-order valence-electron chi connectivity index (χ3n) is 5.20. The first-order valence-corrected chi connectivity index (χ1v) is 8.46. The van der Waals surface area contributed by atoms with E-state index in [1.165, 1.54) is 25.7 Å². The Bertz CT molecular complexity index is 615. The Morgan fingerprint density at radius 1 is 1.27 bits per heavy atom. The summed E-state index contributed by atoms with van der Waals surface area (Å²) in [5.74, 6) is 1.71. The Morgan fingerprint density at radius 3 is 2.86 bits per heavy atom. The average molecular weight is 301 g/mol. The van der Waals surface area contributed by atoms with Gasteiger partial charge in [-0.1, -0.05) is 12.8 Å². The van der Waals surface area contributed by atoms with Crippen LogP contribution in [0.4, 0.5) is 5.82 Å². The second-order valence-corrected chi connectivity index (χ2v) is 6.88. The zero-order chi connectivity index (χ0) is 15.1. The quantitative estimate of drug-likeness (QED) is 0.855. The lowest BCUT2D eigenvalue weighted by Gasteiger charge is -2.31. The molecule has 1 aliphatic heterocycles. The van der Waals surface area contributed by atoms with Crippen LogP contribution in [0.5, 0.6) is 0 Å². The maximum Gasteiger partial charge on any atom is 0.173 e. The minimum Gasteiger partial charge on any atom is -0.379 e. The molecule has 2 aliphatic carbocycles. The van der Waals surface area contributed by atoms with Gasteiger partial charge in [0.25, 0.3) is 0 Å². The summed E-state index contributed by atoms with van der Waals surface area (Å²) in [6.07, 6.45) is 10.4. The Hall–Kier alpha value is -1.49. The molecule has 3 aliphatic rings. The van der Waals surface area contributed by atoms with E-state index >= 15 is 0 Å². The van der Waals surface area contributed by atoms with Crippen molar-refractivity contribution in [3.05, 3.63) is 11.8 Å². The van der Waals surface area contributed by atoms with Gasteiger partial charge in [-0.3, -0.25) is 4.79 Å². The number of carbonyl (C=O) groups is 1. The number of Topliss-reactive ketones (excluding diaryl/α,β-unsaturated/α-hetero) is 1. The van der Waals surface area contributed by atoms with Crippen molar-refractivity contribution in [2.75, 3.05) is 7.11 Å². The molecule has 4 rings (SSSR count). The van der Waals surface area contributed by atoms with Crippen LogP contribution in [0.25, 0.3) is 0 Å². The van der Waals surface area contributed by atoms with E-state index in [0.29, 0.717) is 12.0 Å². The molecule has 2 saturated carbocycles. The molecule has 0 aromatic carbocycles. The molecule has 5 nitrogen and oxygen atoms in total. The molecule has 2 unspecified atom stereocenters. The average Bonchev–Trinajstić information content (AvgIpc) is 3.24. The van der Waals surface area contributed by atoms with Gasteiger partial charge in [-0.15, -0.1) is 0 Å². The molecule has 1 aromatic rings. The number of hydrogen-bond acceptors (Lipinski definition) is 4. The van der Waals surface area contributed by atoms with E-state index < -0.39 is 0 Å². The molecular weight excluding hydrogens is 278 g/mol. The van der Waals surface area contributed by atoms with Gasteiger partial charge in [-0.2, -0.15) is 5.10 Å². The molecule has 1 aromatic heterocycles. The second-order valence-electron chi connectivity index (χ2n) is 6.88. The topological polar surface area (TPSA) is 56.5 Å². The fourth-order valence-electron chi connectivity index (χ4n) is 3.78. The number of rotatable bonds is 4. The summed E-state index contributed by atoms with van der Waals surface area (Å²) < 4.78 is 7.62. The largest absolute Gasteiger partial charge is 0.379 e. The summed E-state index contributed by atoms with van der Waals surface area (Å²) in [6, 6.07) is 0.208. The van der Waals surface area contributed by atoms with Gasteiger partial charge in [-0.25, -0.2) is 9.67 Å². The number of methoxy groups -OCH3 is 1. The van der Waals surface area contributed by atoms with Gasteiger partial charge >= 0.3 is 0 Å². The van der Waals surface area contributed by atoms with E-state index in [1.54, 1.807) is 13.3 Å². The minimum absolute atomic E-state index is 0.177. The van der Waals surface area contributed by atoms with Crippen molar-refractivity contribution in [2.24, 2.45) is 10.9 Å². The van der Waals surface area contributed by atoms with E-state index in [4.69, 9.17) is 9.73 Å². The maximum atomic E-state index is 12.4. The first-order chi connectivity index (χ1) is 10.8. The Morgan fingerprint density at radius 2 is 2.09 bits per heavy atom. The normalized spacial score (nSPS) is 28.4. The van der Waals surface area contributed by atoms with Gasteiger partial charge in [0.15, 0.2) is 11.6 Å². The van der Waals surface area contributed by atoms with Crippen LogP contribution in [0.2, 0.25) is 0 Å². The van der Waals surface area contributed by atoms with Gasteiger partial charge in [0.05, 0.1) is 23.9 Å². The second kappa shape index (κ2) is 5.61. The zero-order valence-electron chi connectivity index (χ0n) is 13.1. The van der Waals surface area contributed by atoms with Crippen molar-refractivity contribution in [1.29, 1.82) is 0 Å². The van der Waals surface area contributed by atoms with Gasteiger partial charge in [0.2, 0.25) is 0 Å².